The zero-order valence-electron chi connectivity index (χ0n) is 16.6. The first-order chi connectivity index (χ1) is 15.1. The first kappa shape index (κ1) is 20.0. The highest BCUT2D eigenvalue weighted by molar-refractivity contribution is 5.96. The predicted octanol–water partition coefficient (Wildman–Crippen LogP) is 2.97. The lowest BCUT2D eigenvalue weighted by atomic mass is 10.1. The Balaban J connectivity index is 1.39. The van der Waals surface area contributed by atoms with Crippen LogP contribution < -0.4 is 16.2 Å². The highest BCUT2D eigenvalue weighted by Crippen LogP contribution is 2.12. The second-order valence-corrected chi connectivity index (χ2v) is 6.97. The molecule has 4 rings (SSSR count). The van der Waals surface area contributed by atoms with Crippen molar-refractivity contribution in [3.8, 4) is 0 Å². The topological polar surface area (TPSA) is 93.1 Å². The number of nitrogens with zero attached hydrogens (tertiary/aromatic N) is 2. The summed E-state index contributed by atoms with van der Waals surface area (Å²) in [6, 6.07) is 23.4. The molecule has 1 heterocycles. The molecule has 0 saturated heterocycles. The molecule has 31 heavy (non-hydrogen) atoms. The maximum absolute atomic E-state index is 12.5. The smallest absolute Gasteiger partial charge is 0.269 e. The van der Waals surface area contributed by atoms with Crippen LogP contribution in [0.2, 0.25) is 0 Å². The lowest BCUT2D eigenvalue weighted by Crippen LogP contribution is -2.28. The van der Waals surface area contributed by atoms with E-state index in [9.17, 15) is 14.4 Å². The Kier molecular flexibility index (Phi) is 5.84. The van der Waals surface area contributed by atoms with Gasteiger partial charge in [-0.2, -0.15) is 0 Å². The molecule has 7 heteroatoms. The van der Waals surface area contributed by atoms with Crippen LogP contribution in [0.5, 0.6) is 0 Å². The fourth-order valence-electron chi connectivity index (χ4n) is 3.21. The summed E-state index contributed by atoms with van der Waals surface area (Å²) in [5.41, 5.74) is 2.93. The third kappa shape index (κ3) is 4.84. The van der Waals surface area contributed by atoms with Crippen molar-refractivity contribution in [1.29, 1.82) is 0 Å². The number of hydrogen-bond donors (Lipinski definition) is 2. The number of amides is 2. The monoisotopic (exact) mass is 412 g/mol. The van der Waals surface area contributed by atoms with Crippen molar-refractivity contribution in [3.63, 3.8) is 0 Å². The maximum Gasteiger partial charge on any atom is 0.269 e. The van der Waals surface area contributed by atoms with Gasteiger partial charge in [-0.1, -0.05) is 42.5 Å². The van der Waals surface area contributed by atoms with Crippen LogP contribution in [-0.2, 0) is 17.9 Å². The molecule has 2 N–H and O–H groups in total. The number of nitrogens with one attached hydrogen (secondary N) is 2. The minimum atomic E-state index is -0.348. The number of carbonyl (C=O) groups excluding carboxylic acids is 2. The Bertz CT molecular complexity index is 1280. The third-order valence-corrected chi connectivity index (χ3v) is 4.78. The molecule has 4 aromatic rings. The molecule has 0 radical (unpaired) electrons. The quantitative estimate of drug-likeness (QED) is 0.509. The highest BCUT2D eigenvalue weighted by atomic mass is 16.2. The molecular weight excluding hydrogens is 392 g/mol. The Hall–Kier alpha value is -4.26. The van der Waals surface area contributed by atoms with E-state index in [1.165, 1.54) is 10.8 Å². The van der Waals surface area contributed by atoms with Gasteiger partial charge in [-0.05, 0) is 42.0 Å². The van der Waals surface area contributed by atoms with Gasteiger partial charge in [-0.25, -0.2) is 4.98 Å². The van der Waals surface area contributed by atoms with Gasteiger partial charge in [0.1, 0.15) is 6.54 Å². The summed E-state index contributed by atoms with van der Waals surface area (Å²) < 4.78 is 1.38. The Morgan fingerprint density at radius 2 is 1.58 bits per heavy atom. The highest BCUT2D eigenvalue weighted by Gasteiger charge is 2.10. The summed E-state index contributed by atoms with van der Waals surface area (Å²) in [5.74, 6) is -0.545. The minimum Gasteiger partial charge on any atom is -0.348 e. The van der Waals surface area contributed by atoms with Crippen LogP contribution in [0.3, 0.4) is 0 Å². The molecule has 0 fully saturated rings. The average Bonchev–Trinajstić information content (AvgIpc) is 2.80. The first-order valence-corrected chi connectivity index (χ1v) is 9.77. The summed E-state index contributed by atoms with van der Waals surface area (Å²) in [7, 11) is 0. The van der Waals surface area contributed by atoms with Crippen molar-refractivity contribution in [2.75, 3.05) is 5.32 Å². The number of benzene rings is 3. The normalized spacial score (nSPS) is 10.6. The van der Waals surface area contributed by atoms with Crippen molar-refractivity contribution in [2.24, 2.45) is 0 Å². The molecule has 1 aromatic heterocycles. The molecule has 0 spiro atoms. The number of para-hydroxylation sites is 2. The molecule has 154 valence electrons. The Morgan fingerprint density at radius 3 is 2.35 bits per heavy atom. The van der Waals surface area contributed by atoms with Crippen LogP contribution in [0.15, 0.2) is 89.9 Å². The van der Waals surface area contributed by atoms with Gasteiger partial charge in [-0.3, -0.25) is 19.0 Å². The van der Waals surface area contributed by atoms with E-state index >= 15 is 0 Å². The van der Waals surface area contributed by atoms with E-state index in [1.54, 1.807) is 42.5 Å². The van der Waals surface area contributed by atoms with E-state index in [4.69, 9.17) is 0 Å². The summed E-state index contributed by atoms with van der Waals surface area (Å²) in [6.07, 6.45) is 1.21. The van der Waals surface area contributed by atoms with Crippen LogP contribution in [0.1, 0.15) is 15.9 Å². The number of rotatable bonds is 6. The zero-order valence-corrected chi connectivity index (χ0v) is 16.6. The van der Waals surface area contributed by atoms with E-state index < -0.39 is 0 Å². The van der Waals surface area contributed by atoms with Gasteiger partial charge < -0.3 is 10.6 Å². The summed E-state index contributed by atoms with van der Waals surface area (Å²) in [6.45, 7) is 0.300. The predicted molar refractivity (Wildman–Crippen MR) is 119 cm³/mol. The second-order valence-electron chi connectivity index (χ2n) is 6.97. The summed E-state index contributed by atoms with van der Waals surface area (Å²) in [5, 5.41) is 5.62. The fourth-order valence-corrected chi connectivity index (χ4v) is 3.21. The molecule has 0 aliphatic carbocycles. The molecule has 3 aromatic carbocycles. The van der Waals surface area contributed by atoms with Crippen LogP contribution >= 0.6 is 0 Å². The number of hydrogen-bond acceptors (Lipinski definition) is 4. The van der Waals surface area contributed by atoms with E-state index in [2.05, 4.69) is 15.6 Å². The molecule has 0 saturated carbocycles. The largest absolute Gasteiger partial charge is 0.348 e. The maximum atomic E-state index is 12.5. The van der Waals surface area contributed by atoms with Crippen LogP contribution in [0, 0.1) is 0 Å². The van der Waals surface area contributed by atoms with Crippen molar-refractivity contribution in [2.45, 2.75) is 13.1 Å². The van der Waals surface area contributed by atoms with E-state index in [0.717, 1.165) is 5.56 Å². The molecule has 0 unspecified atom stereocenters. The molecular formula is C24H20N4O3. The van der Waals surface area contributed by atoms with Crippen molar-refractivity contribution in [1.82, 2.24) is 14.9 Å². The fraction of sp³-hybridized carbons (Fsp3) is 0.0833. The lowest BCUT2D eigenvalue weighted by Gasteiger charge is -2.10. The van der Waals surface area contributed by atoms with Gasteiger partial charge >= 0.3 is 0 Å². The van der Waals surface area contributed by atoms with Gasteiger partial charge in [0.05, 0.1) is 17.2 Å². The van der Waals surface area contributed by atoms with Crippen LogP contribution in [0.4, 0.5) is 5.69 Å². The Labute approximate surface area is 178 Å². The van der Waals surface area contributed by atoms with Gasteiger partial charge in [-0.15, -0.1) is 0 Å². The van der Waals surface area contributed by atoms with Crippen molar-refractivity contribution >= 4 is 28.5 Å². The molecule has 0 atom stereocenters. The number of carbonyl (C=O) groups is 2. The standard InChI is InChI=1S/C24H20N4O3/c29-22(16-28-21-9-5-4-8-20(21)25-15-23(28)30)27-19-12-10-18(11-13-19)24(31)26-14-17-6-2-1-3-7-17/h1-13,15H,14,16H2,(H,26,31)(H,27,29). The van der Waals surface area contributed by atoms with Crippen LogP contribution in [-0.4, -0.2) is 21.4 Å². The first-order valence-electron chi connectivity index (χ1n) is 9.77. The van der Waals surface area contributed by atoms with Gasteiger partial charge in [0.25, 0.3) is 11.5 Å². The second kappa shape index (κ2) is 9.04. The molecule has 0 bridgehead atoms. The molecule has 2 amide bonds. The number of anilines is 1. The van der Waals surface area contributed by atoms with E-state index in [-0.39, 0.29) is 23.9 Å². The van der Waals surface area contributed by atoms with E-state index in [0.29, 0.717) is 28.8 Å². The van der Waals surface area contributed by atoms with Gasteiger partial charge in [0, 0.05) is 17.8 Å². The minimum absolute atomic E-state index is 0.138. The SMILES string of the molecule is O=C(Cn1c(=O)cnc2ccccc21)Nc1ccc(C(=O)NCc2ccccc2)cc1. The lowest BCUT2D eigenvalue weighted by molar-refractivity contribution is -0.116. The van der Waals surface area contributed by atoms with Crippen molar-refractivity contribution in [3.05, 3.63) is 107 Å². The number of aromatic nitrogens is 2. The van der Waals surface area contributed by atoms with Crippen molar-refractivity contribution < 1.29 is 9.59 Å². The summed E-state index contributed by atoms with van der Waals surface area (Å²) >= 11 is 0. The molecule has 0 aliphatic rings. The van der Waals surface area contributed by atoms with Crippen LogP contribution in [0.25, 0.3) is 11.0 Å². The van der Waals surface area contributed by atoms with E-state index in [1.807, 2.05) is 36.4 Å². The summed E-state index contributed by atoms with van der Waals surface area (Å²) in [4.78, 5) is 41.1. The van der Waals surface area contributed by atoms with Gasteiger partial charge in [0.15, 0.2) is 0 Å². The molecule has 7 nitrogen and oxygen atoms in total. The third-order valence-electron chi connectivity index (χ3n) is 4.78. The average molecular weight is 412 g/mol. The Morgan fingerprint density at radius 1 is 0.871 bits per heavy atom. The van der Waals surface area contributed by atoms with Gasteiger partial charge in [0.2, 0.25) is 5.91 Å². The molecule has 0 aliphatic heterocycles. The zero-order chi connectivity index (χ0) is 21.6. The number of fused-ring (bicyclic) bond motifs is 1.